The van der Waals surface area contributed by atoms with E-state index in [0.717, 1.165) is 36.4 Å². The molecule has 1 amide bonds. The molecule has 2 aromatic rings. The van der Waals surface area contributed by atoms with Crippen LogP contribution in [0.2, 0.25) is 0 Å². The average molecular weight is 652 g/mol. The van der Waals surface area contributed by atoms with E-state index in [2.05, 4.69) is 30.0 Å². The molecule has 0 saturated carbocycles. The summed E-state index contributed by atoms with van der Waals surface area (Å²) in [5, 5.41) is 10.3. The zero-order valence-electron chi connectivity index (χ0n) is 27.0. The van der Waals surface area contributed by atoms with Crippen LogP contribution in [0.3, 0.4) is 0 Å². The molecule has 0 aliphatic carbocycles. The molecular weight excluding hydrogens is 607 g/mol. The first-order valence-electron chi connectivity index (χ1n) is 15.1. The third-order valence-electron chi connectivity index (χ3n) is 7.47. The van der Waals surface area contributed by atoms with E-state index in [-0.39, 0.29) is 12.3 Å². The predicted molar refractivity (Wildman–Crippen MR) is 182 cm³/mol. The smallest absolute Gasteiger partial charge is 0.379 e. The van der Waals surface area contributed by atoms with Crippen molar-refractivity contribution >= 4 is 17.3 Å². The molecule has 1 aliphatic rings. The largest absolute Gasteiger partial charge is 0.416 e. The van der Waals surface area contributed by atoms with Gasteiger partial charge in [-0.05, 0) is 59.9 Å². The number of hydrogen-bond donors (Lipinski definition) is 3. The van der Waals surface area contributed by atoms with Gasteiger partial charge in [-0.3, -0.25) is 14.7 Å². The van der Waals surface area contributed by atoms with Crippen LogP contribution in [0.25, 0.3) is 16.8 Å². The third kappa shape index (κ3) is 11.4. The van der Waals surface area contributed by atoms with Crippen molar-refractivity contribution in [1.29, 1.82) is 0 Å². The van der Waals surface area contributed by atoms with E-state index in [1.54, 1.807) is 42.5 Å². The highest BCUT2D eigenvalue weighted by Crippen LogP contribution is 2.32. The Balaban J connectivity index is 1.79. The molecule has 0 atom stereocenters. The second kappa shape index (κ2) is 17.4. The number of allylic oxidation sites excluding steroid dienone is 2. The summed E-state index contributed by atoms with van der Waals surface area (Å²) >= 11 is 0. The SMILES string of the molecule is C=C(/C=C\C(=C)N(/N=C(\C)CCC(=O)NC)C(=C)c1ccc(-c2ccc(C(F)(F)F)cc2)cc1)N(N)/C=C(\CN)CN1CCOCC1. The highest BCUT2D eigenvalue weighted by atomic mass is 19.4. The fraction of sp³-hybridized carbons (Fsp3) is 0.314. The van der Waals surface area contributed by atoms with Gasteiger partial charge in [0.15, 0.2) is 0 Å². The second-order valence-corrected chi connectivity index (χ2v) is 11.0. The molecule has 5 N–H and O–H groups in total. The van der Waals surface area contributed by atoms with Crippen LogP contribution in [0.1, 0.15) is 30.9 Å². The summed E-state index contributed by atoms with van der Waals surface area (Å²) in [6.45, 7) is 18.3. The molecule has 0 radical (unpaired) electrons. The highest BCUT2D eigenvalue weighted by molar-refractivity contribution is 5.87. The number of amides is 1. The van der Waals surface area contributed by atoms with Crippen LogP contribution in [-0.4, -0.2) is 73.0 Å². The lowest BCUT2D eigenvalue weighted by Gasteiger charge is -2.28. The Morgan fingerprint density at radius 3 is 2.13 bits per heavy atom. The van der Waals surface area contributed by atoms with Crippen molar-refractivity contribution in [3.05, 3.63) is 115 Å². The van der Waals surface area contributed by atoms with Gasteiger partial charge in [0.05, 0.1) is 30.2 Å². The van der Waals surface area contributed by atoms with Crippen molar-refractivity contribution in [2.75, 3.05) is 46.4 Å². The van der Waals surface area contributed by atoms with Crippen LogP contribution >= 0.6 is 0 Å². The van der Waals surface area contributed by atoms with E-state index in [4.69, 9.17) is 21.4 Å². The first kappa shape index (κ1) is 37.0. The van der Waals surface area contributed by atoms with Crippen molar-refractivity contribution in [1.82, 2.24) is 20.2 Å². The number of carbonyl (C=O) groups is 1. The van der Waals surface area contributed by atoms with Crippen LogP contribution in [0, 0.1) is 0 Å². The van der Waals surface area contributed by atoms with Crippen LogP contribution < -0.4 is 16.9 Å². The van der Waals surface area contributed by atoms with Gasteiger partial charge in [-0.15, -0.1) is 0 Å². The van der Waals surface area contributed by atoms with E-state index in [1.165, 1.54) is 17.1 Å². The quantitative estimate of drug-likeness (QED) is 0.101. The minimum absolute atomic E-state index is 0.111. The van der Waals surface area contributed by atoms with Gasteiger partial charge in [-0.1, -0.05) is 56.1 Å². The Hall–Kier alpha value is -4.49. The molecule has 1 heterocycles. The van der Waals surface area contributed by atoms with Gasteiger partial charge in [0.25, 0.3) is 0 Å². The van der Waals surface area contributed by atoms with Gasteiger partial charge in [-0.2, -0.15) is 18.3 Å². The van der Waals surface area contributed by atoms with Gasteiger partial charge >= 0.3 is 6.18 Å². The zero-order chi connectivity index (χ0) is 34.6. The monoisotopic (exact) mass is 651 g/mol. The molecule has 0 spiro atoms. The molecule has 0 aromatic heterocycles. The van der Waals surface area contributed by atoms with Crippen LogP contribution in [0.15, 0.2) is 109 Å². The fourth-order valence-corrected chi connectivity index (χ4v) is 4.60. The molecule has 9 nitrogen and oxygen atoms in total. The van der Waals surface area contributed by atoms with E-state index < -0.39 is 11.7 Å². The molecule has 1 saturated heterocycles. The first-order valence-corrected chi connectivity index (χ1v) is 15.1. The van der Waals surface area contributed by atoms with Gasteiger partial charge in [-0.25, -0.2) is 10.9 Å². The number of benzene rings is 2. The van der Waals surface area contributed by atoms with Gasteiger partial charge in [0.1, 0.15) is 0 Å². The molecule has 1 aliphatic heterocycles. The Labute approximate surface area is 275 Å². The summed E-state index contributed by atoms with van der Waals surface area (Å²) in [7, 11) is 1.58. The maximum Gasteiger partial charge on any atom is 0.416 e. The minimum atomic E-state index is -4.40. The molecule has 47 heavy (non-hydrogen) atoms. The van der Waals surface area contributed by atoms with Gasteiger partial charge in [0, 0.05) is 57.3 Å². The summed E-state index contributed by atoms with van der Waals surface area (Å²) in [5.74, 6) is 6.18. The Morgan fingerprint density at radius 2 is 1.57 bits per heavy atom. The summed E-state index contributed by atoms with van der Waals surface area (Å²) in [6.07, 6.45) is 1.44. The predicted octanol–water partition coefficient (Wildman–Crippen LogP) is 5.48. The van der Waals surface area contributed by atoms with Crippen molar-refractivity contribution in [3.8, 4) is 11.1 Å². The number of nitrogens with zero attached hydrogens (tertiary/aromatic N) is 4. The van der Waals surface area contributed by atoms with Gasteiger partial charge in [0.2, 0.25) is 5.91 Å². The number of rotatable bonds is 15. The highest BCUT2D eigenvalue weighted by Gasteiger charge is 2.30. The standard InChI is InChI=1S/C35H44F3N7O2/c1-25(6-17-34(46)41-5)42-45(27(3)8-7-26(2)44(40)24-29(22-39)23-43-18-20-47-21-19-43)28(4)30-9-11-31(12-10-30)32-13-15-33(16-14-32)35(36,37)38/h7-16,24H,2-4,6,17-23,39-40H2,1,5H3,(H,41,46)/b8-7-,29-24+,42-25+. The van der Waals surface area contributed by atoms with E-state index in [0.29, 0.717) is 66.7 Å². The molecule has 2 aromatic carbocycles. The zero-order valence-corrected chi connectivity index (χ0v) is 27.0. The number of ether oxygens (including phenoxy) is 1. The number of hydrogen-bond acceptors (Lipinski definition) is 8. The van der Waals surface area contributed by atoms with E-state index in [9.17, 15) is 18.0 Å². The second-order valence-electron chi connectivity index (χ2n) is 11.0. The van der Waals surface area contributed by atoms with E-state index in [1.807, 2.05) is 19.1 Å². The van der Waals surface area contributed by atoms with Crippen LogP contribution in [0.4, 0.5) is 13.2 Å². The average Bonchev–Trinajstić information content (AvgIpc) is 3.07. The molecule has 3 rings (SSSR count). The lowest BCUT2D eigenvalue weighted by Crippen LogP contribution is -2.39. The summed E-state index contributed by atoms with van der Waals surface area (Å²) in [5.41, 5.74) is 10.4. The molecule has 0 bridgehead atoms. The molecule has 252 valence electrons. The molecule has 0 unspecified atom stereocenters. The lowest BCUT2D eigenvalue weighted by atomic mass is 10.0. The number of nitrogens with two attached hydrogens (primary N) is 2. The number of morpholine rings is 1. The molecular formula is C35H44F3N7O2. The third-order valence-corrected chi connectivity index (χ3v) is 7.47. The van der Waals surface area contributed by atoms with E-state index >= 15 is 0 Å². The normalized spacial score (nSPS) is 14.6. The number of halogens is 3. The number of hydrazone groups is 1. The van der Waals surface area contributed by atoms with Crippen LogP contribution in [0.5, 0.6) is 0 Å². The summed E-state index contributed by atoms with van der Waals surface area (Å²) in [6, 6.07) is 12.2. The van der Waals surface area contributed by atoms with Crippen molar-refractivity contribution in [2.45, 2.75) is 25.9 Å². The van der Waals surface area contributed by atoms with Crippen molar-refractivity contribution < 1.29 is 22.7 Å². The minimum Gasteiger partial charge on any atom is -0.379 e. The van der Waals surface area contributed by atoms with Gasteiger partial charge < -0.3 is 15.8 Å². The topological polar surface area (TPSA) is 112 Å². The number of alkyl halides is 3. The maximum atomic E-state index is 13.0. The van der Waals surface area contributed by atoms with Crippen molar-refractivity contribution in [2.24, 2.45) is 16.7 Å². The molecule has 1 fully saturated rings. The van der Waals surface area contributed by atoms with Crippen LogP contribution in [-0.2, 0) is 15.7 Å². The number of nitrogens with one attached hydrogen (secondary N) is 1. The maximum absolute atomic E-state index is 13.0. The number of hydrazine groups is 1. The Kier molecular flexibility index (Phi) is 13.7. The first-order chi connectivity index (χ1) is 22.3. The lowest BCUT2D eigenvalue weighted by molar-refractivity contribution is -0.137. The summed E-state index contributed by atoms with van der Waals surface area (Å²) < 4.78 is 44.4. The Morgan fingerprint density at radius 1 is 1.00 bits per heavy atom. The molecule has 12 heteroatoms. The number of carbonyl (C=O) groups excluding carboxylic acids is 1. The Bertz CT molecular complexity index is 1490. The van der Waals surface area contributed by atoms with Crippen molar-refractivity contribution in [3.63, 3.8) is 0 Å². The summed E-state index contributed by atoms with van der Waals surface area (Å²) in [4.78, 5) is 14.1. The fourth-order valence-electron chi connectivity index (χ4n) is 4.60.